The fourth-order valence-corrected chi connectivity index (χ4v) is 2.15. The molecular formula is C14H14N2O4. The molecule has 0 aliphatic carbocycles. The van der Waals surface area contributed by atoms with Gasteiger partial charge in [0.15, 0.2) is 0 Å². The molecule has 104 valence electrons. The number of morpholine rings is 1. The van der Waals surface area contributed by atoms with Crippen LogP contribution in [-0.2, 0) is 4.74 Å². The van der Waals surface area contributed by atoms with Crippen molar-refractivity contribution in [2.75, 3.05) is 26.3 Å². The van der Waals surface area contributed by atoms with E-state index in [4.69, 9.17) is 9.15 Å². The van der Waals surface area contributed by atoms with Crippen LogP contribution in [0.5, 0.6) is 0 Å². The number of hydrogen-bond acceptors (Lipinski definition) is 4. The van der Waals surface area contributed by atoms with E-state index in [1.54, 1.807) is 23.1 Å². The van der Waals surface area contributed by atoms with Gasteiger partial charge in [0, 0.05) is 13.1 Å². The third-order valence-electron chi connectivity index (χ3n) is 3.22. The number of rotatable bonds is 2. The lowest BCUT2D eigenvalue weighted by Gasteiger charge is -2.26. The van der Waals surface area contributed by atoms with E-state index < -0.39 is 5.56 Å². The summed E-state index contributed by atoms with van der Waals surface area (Å²) in [5.74, 6) is 0.299. The molecule has 0 atom stereocenters. The van der Waals surface area contributed by atoms with Crippen molar-refractivity contribution < 1.29 is 13.9 Å². The summed E-state index contributed by atoms with van der Waals surface area (Å²) < 4.78 is 10.4. The molecule has 0 radical (unpaired) electrons. The highest BCUT2D eigenvalue weighted by Gasteiger charge is 2.21. The average molecular weight is 274 g/mol. The maximum absolute atomic E-state index is 12.2. The molecule has 2 aromatic heterocycles. The topological polar surface area (TPSA) is 75.5 Å². The van der Waals surface area contributed by atoms with Gasteiger partial charge in [-0.25, -0.2) is 0 Å². The minimum absolute atomic E-state index is 0.141. The molecule has 1 N–H and O–H groups in total. The van der Waals surface area contributed by atoms with Gasteiger partial charge in [0.1, 0.15) is 11.3 Å². The average Bonchev–Trinajstić information content (AvgIpc) is 3.01. The van der Waals surface area contributed by atoms with Gasteiger partial charge >= 0.3 is 0 Å². The van der Waals surface area contributed by atoms with Crippen LogP contribution in [0.1, 0.15) is 10.4 Å². The van der Waals surface area contributed by atoms with Crippen LogP contribution < -0.4 is 5.56 Å². The zero-order chi connectivity index (χ0) is 13.9. The Labute approximate surface area is 115 Å². The number of aromatic amines is 1. The summed E-state index contributed by atoms with van der Waals surface area (Å²) in [5.41, 5.74) is 0.288. The van der Waals surface area contributed by atoms with Crippen molar-refractivity contribution in [2.24, 2.45) is 0 Å². The molecule has 0 spiro atoms. The van der Waals surface area contributed by atoms with Gasteiger partial charge in [0.2, 0.25) is 0 Å². The molecule has 0 unspecified atom stereocenters. The first kappa shape index (κ1) is 12.7. The Bertz CT molecular complexity index is 654. The SMILES string of the molecule is O=C(c1ccc(-c2ccco2)[nH]c1=O)N1CCOCC1. The first-order valence-corrected chi connectivity index (χ1v) is 6.40. The molecular weight excluding hydrogens is 260 g/mol. The number of nitrogens with zero attached hydrogens (tertiary/aromatic N) is 1. The highest BCUT2D eigenvalue weighted by molar-refractivity contribution is 5.94. The van der Waals surface area contributed by atoms with E-state index >= 15 is 0 Å². The molecule has 2 aromatic rings. The third-order valence-corrected chi connectivity index (χ3v) is 3.22. The number of furan rings is 1. The zero-order valence-electron chi connectivity index (χ0n) is 10.8. The van der Waals surface area contributed by atoms with Crippen LogP contribution in [-0.4, -0.2) is 42.1 Å². The summed E-state index contributed by atoms with van der Waals surface area (Å²) in [6.07, 6.45) is 1.53. The Balaban J connectivity index is 1.87. The van der Waals surface area contributed by atoms with E-state index in [2.05, 4.69) is 4.98 Å². The minimum atomic E-state index is -0.407. The van der Waals surface area contributed by atoms with Crippen LogP contribution in [0.25, 0.3) is 11.5 Å². The van der Waals surface area contributed by atoms with Gasteiger partial charge in [-0.2, -0.15) is 0 Å². The summed E-state index contributed by atoms with van der Waals surface area (Å²) in [6.45, 7) is 2.04. The molecule has 6 heteroatoms. The Kier molecular flexibility index (Phi) is 3.39. The Morgan fingerprint density at radius 2 is 2.00 bits per heavy atom. The molecule has 3 rings (SSSR count). The van der Waals surface area contributed by atoms with Gasteiger partial charge in [-0.1, -0.05) is 0 Å². The number of pyridine rings is 1. The number of ether oxygens (including phenoxy) is 1. The second-order valence-corrected chi connectivity index (χ2v) is 4.50. The molecule has 0 aromatic carbocycles. The van der Waals surface area contributed by atoms with Crippen LogP contribution in [0.2, 0.25) is 0 Å². The lowest BCUT2D eigenvalue weighted by atomic mass is 10.2. The number of aromatic nitrogens is 1. The third kappa shape index (κ3) is 2.37. The van der Waals surface area contributed by atoms with Crippen molar-refractivity contribution in [3.8, 4) is 11.5 Å². The van der Waals surface area contributed by atoms with E-state index in [0.29, 0.717) is 37.8 Å². The summed E-state index contributed by atoms with van der Waals surface area (Å²) >= 11 is 0. The summed E-state index contributed by atoms with van der Waals surface area (Å²) in [5, 5.41) is 0. The molecule has 20 heavy (non-hydrogen) atoms. The van der Waals surface area contributed by atoms with Gasteiger partial charge in [-0.05, 0) is 24.3 Å². The number of amides is 1. The first-order valence-electron chi connectivity index (χ1n) is 6.40. The monoisotopic (exact) mass is 274 g/mol. The van der Waals surface area contributed by atoms with Gasteiger partial charge < -0.3 is 19.0 Å². The van der Waals surface area contributed by atoms with Gasteiger partial charge in [-0.15, -0.1) is 0 Å². The fourth-order valence-electron chi connectivity index (χ4n) is 2.15. The van der Waals surface area contributed by atoms with E-state index in [9.17, 15) is 9.59 Å². The summed E-state index contributed by atoms with van der Waals surface area (Å²) in [6, 6.07) is 6.69. The lowest BCUT2D eigenvalue weighted by Crippen LogP contribution is -2.42. The normalized spacial score (nSPS) is 15.3. The van der Waals surface area contributed by atoms with Crippen molar-refractivity contribution in [3.63, 3.8) is 0 Å². The second-order valence-electron chi connectivity index (χ2n) is 4.50. The number of carbonyl (C=O) groups is 1. The van der Waals surface area contributed by atoms with Crippen molar-refractivity contribution in [2.45, 2.75) is 0 Å². The fraction of sp³-hybridized carbons (Fsp3) is 0.286. The molecule has 3 heterocycles. The molecule has 1 aliphatic heterocycles. The zero-order valence-corrected chi connectivity index (χ0v) is 10.8. The largest absolute Gasteiger partial charge is 0.463 e. The first-order chi connectivity index (χ1) is 9.75. The van der Waals surface area contributed by atoms with Crippen molar-refractivity contribution >= 4 is 5.91 Å². The Hall–Kier alpha value is -2.34. The van der Waals surface area contributed by atoms with Crippen LogP contribution in [0.4, 0.5) is 0 Å². The Morgan fingerprint density at radius 1 is 1.20 bits per heavy atom. The van der Waals surface area contributed by atoms with Crippen LogP contribution in [0.15, 0.2) is 39.7 Å². The molecule has 6 nitrogen and oxygen atoms in total. The highest BCUT2D eigenvalue weighted by Crippen LogP contribution is 2.16. The molecule has 1 amide bonds. The van der Waals surface area contributed by atoms with Gasteiger partial charge in [-0.3, -0.25) is 9.59 Å². The van der Waals surface area contributed by atoms with Crippen molar-refractivity contribution in [1.29, 1.82) is 0 Å². The van der Waals surface area contributed by atoms with Crippen LogP contribution in [0.3, 0.4) is 0 Å². The lowest BCUT2D eigenvalue weighted by molar-refractivity contribution is 0.0301. The van der Waals surface area contributed by atoms with E-state index in [-0.39, 0.29) is 11.5 Å². The van der Waals surface area contributed by atoms with E-state index in [1.165, 1.54) is 12.3 Å². The predicted molar refractivity (Wildman–Crippen MR) is 71.5 cm³/mol. The highest BCUT2D eigenvalue weighted by atomic mass is 16.5. The number of nitrogens with one attached hydrogen (secondary N) is 1. The molecule has 1 fully saturated rings. The molecule has 0 bridgehead atoms. The number of carbonyl (C=O) groups excluding carboxylic acids is 1. The summed E-state index contributed by atoms with van der Waals surface area (Å²) in [7, 11) is 0. The minimum Gasteiger partial charge on any atom is -0.463 e. The molecule has 1 aliphatic rings. The maximum atomic E-state index is 12.2. The van der Waals surface area contributed by atoms with Gasteiger partial charge in [0.25, 0.3) is 11.5 Å². The standard InChI is InChI=1S/C14H14N2O4/c17-13-10(14(18)16-5-8-19-9-6-16)3-4-11(15-13)12-2-1-7-20-12/h1-4,7H,5-6,8-9H2,(H,15,17). The second kappa shape index (κ2) is 5.34. The summed E-state index contributed by atoms with van der Waals surface area (Å²) in [4.78, 5) is 28.6. The quantitative estimate of drug-likeness (QED) is 0.890. The number of hydrogen-bond donors (Lipinski definition) is 1. The van der Waals surface area contributed by atoms with Gasteiger partial charge in [0.05, 0.1) is 25.2 Å². The van der Waals surface area contributed by atoms with Crippen LogP contribution >= 0.6 is 0 Å². The van der Waals surface area contributed by atoms with Crippen molar-refractivity contribution in [1.82, 2.24) is 9.88 Å². The molecule has 1 saturated heterocycles. The van der Waals surface area contributed by atoms with E-state index in [0.717, 1.165) is 0 Å². The Morgan fingerprint density at radius 3 is 2.65 bits per heavy atom. The maximum Gasteiger partial charge on any atom is 0.261 e. The molecule has 0 saturated carbocycles. The van der Waals surface area contributed by atoms with Crippen LogP contribution in [0, 0.1) is 0 Å². The smallest absolute Gasteiger partial charge is 0.261 e. The van der Waals surface area contributed by atoms with Crippen molar-refractivity contribution in [3.05, 3.63) is 46.4 Å². The van der Waals surface area contributed by atoms with E-state index in [1.807, 2.05) is 0 Å². The predicted octanol–water partition coefficient (Wildman–Crippen LogP) is 1.11. The number of H-pyrrole nitrogens is 1.